The second-order valence-corrected chi connectivity index (χ2v) is 11.3. The normalized spacial score (nSPS) is 18.3. The Kier molecular flexibility index (Phi) is 7.47. The van der Waals surface area contributed by atoms with Crippen LogP contribution < -0.4 is 15.1 Å². The van der Waals surface area contributed by atoms with Crippen molar-refractivity contribution < 1.29 is 18.0 Å². The summed E-state index contributed by atoms with van der Waals surface area (Å²) in [5.74, 6) is -0.411. The summed E-state index contributed by atoms with van der Waals surface area (Å²) in [7, 11) is 0.344. The molecule has 1 atom stereocenters. The molecule has 0 unspecified atom stereocenters. The molecule has 0 saturated carbocycles. The molecule has 2 aromatic rings. The van der Waals surface area contributed by atoms with E-state index in [0.29, 0.717) is 30.9 Å². The summed E-state index contributed by atoms with van der Waals surface area (Å²) in [6.07, 6.45) is 3.31. The minimum atomic E-state index is -3.59. The first-order chi connectivity index (χ1) is 16.7. The lowest BCUT2D eigenvalue weighted by molar-refractivity contribution is -0.126. The van der Waals surface area contributed by atoms with Crippen molar-refractivity contribution in [3.63, 3.8) is 0 Å². The first kappa shape index (κ1) is 25.2. The zero-order valence-corrected chi connectivity index (χ0v) is 21.5. The molecule has 1 N–H and O–H groups in total. The maximum absolute atomic E-state index is 13.2. The number of sulfonamides is 1. The highest BCUT2D eigenvalue weighted by Crippen LogP contribution is 2.35. The van der Waals surface area contributed by atoms with Crippen molar-refractivity contribution in [2.75, 3.05) is 37.0 Å². The van der Waals surface area contributed by atoms with Gasteiger partial charge in [0, 0.05) is 57.9 Å². The van der Waals surface area contributed by atoms with Gasteiger partial charge in [0.2, 0.25) is 21.8 Å². The lowest BCUT2D eigenvalue weighted by Gasteiger charge is -2.26. The van der Waals surface area contributed by atoms with Crippen molar-refractivity contribution in [2.45, 2.75) is 56.5 Å². The first-order valence-corrected chi connectivity index (χ1v) is 13.7. The SMILES string of the molecule is CCC(=O)N1c2ccc(S(=O)(=O)N3CCCCC3)cc2C[C@@H]1C(=O)NCc1ccc(N(C)C)cc1. The molecule has 0 bridgehead atoms. The number of anilines is 2. The van der Waals surface area contributed by atoms with Gasteiger partial charge in [-0.2, -0.15) is 4.31 Å². The van der Waals surface area contributed by atoms with Gasteiger partial charge in [-0.15, -0.1) is 0 Å². The van der Waals surface area contributed by atoms with Crippen LogP contribution in [0.1, 0.15) is 43.7 Å². The minimum absolute atomic E-state index is 0.161. The molecule has 8 nitrogen and oxygen atoms in total. The Morgan fingerprint density at radius 3 is 2.34 bits per heavy atom. The number of carbonyl (C=O) groups is 2. The van der Waals surface area contributed by atoms with Crippen LogP contribution in [0, 0.1) is 0 Å². The van der Waals surface area contributed by atoms with Gasteiger partial charge in [0.15, 0.2) is 0 Å². The fourth-order valence-electron chi connectivity index (χ4n) is 4.75. The van der Waals surface area contributed by atoms with Crippen LogP contribution in [0.3, 0.4) is 0 Å². The molecule has 2 aliphatic heterocycles. The Labute approximate surface area is 207 Å². The Hall–Kier alpha value is -2.91. The fraction of sp³-hybridized carbons (Fsp3) is 0.462. The van der Waals surface area contributed by atoms with E-state index in [4.69, 9.17) is 0 Å². The zero-order chi connectivity index (χ0) is 25.2. The predicted octanol–water partition coefficient (Wildman–Crippen LogP) is 2.91. The van der Waals surface area contributed by atoms with E-state index >= 15 is 0 Å². The van der Waals surface area contributed by atoms with Crippen LogP contribution in [0.25, 0.3) is 0 Å². The Bertz CT molecular complexity index is 1190. The van der Waals surface area contributed by atoms with Crippen LogP contribution in [0.15, 0.2) is 47.4 Å². The van der Waals surface area contributed by atoms with Gasteiger partial charge in [-0.05, 0) is 54.3 Å². The minimum Gasteiger partial charge on any atom is -0.378 e. The molecule has 2 amide bonds. The fourth-order valence-corrected chi connectivity index (χ4v) is 6.32. The molecular formula is C26H34N4O4S. The highest BCUT2D eigenvalue weighted by atomic mass is 32.2. The maximum atomic E-state index is 13.2. The van der Waals surface area contributed by atoms with Crippen molar-refractivity contribution in [3.8, 4) is 0 Å². The van der Waals surface area contributed by atoms with E-state index in [2.05, 4.69) is 5.32 Å². The lowest BCUT2D eigenvalue weighted by atomic mass is 10.1. The number of amides is 2. The molecule has 0 radical (unpaired) electrons. The number of nitrogens with zero attached hydrogens (tertiary/aromatic N) is 3. The molecule has 35 heavy (non-hydrogen) atoms. The summed E-state index contributed by atoms with van der Waals surface area (Å²) < 4.78 is 27.9. The zero-order valence-electron chi connectivity index (χ0n) is 20.7. The highest BCUT2D eigenvalue weighted by molar-refractivity contribution is 7.89. The van der Waals surface area contributed by atoms with E-state index in [1.807, 2.05) is 43.3 Å². The Morgan fingerprint density at radius 2 is 1.71 bits per heavy atom. The number of fused-ring (bicyclic) bond motifs is 1. The van der Waals surface area contributed by atoms with Crippen molar-refractivity contribution in [1.29, 1.82) is 0 Å². The molecule has 0 aliphatic carbocycles. The predicted molar refractivity (Wildman–Crippen MR) is 137 cm³/mol. The summed E-state index contributed by atoms with van der Waals surface area (Å²) in [4.78, 5) is 29.8. The first-order valence-electron chi connectivity index (χ1n) is 12.2. The molecule has 9 heteroatoms. The van der Waals surface area contributed by atoms with E-state index in [1.54, 1.807) is 25.1 Å². The average molecular weight is 499 g/mol. The van der Waals surface area contributed by atoms with Crippen molar-refractivity contribution in [3.05, 3.63) is 53.6 Å². The van der Waals surface area contributed by atoms with Crippen LogP contribution in [-0.4, -0.2) is 57.8 Å². The van der Waals surface area contributed by atoms with Gasteiger partial charge >= 0.3 is 0 Å². The number of hydrogen-bond acceptors (Lipinski definition) is 5. The van der Waals surface area contributed by atoms with E-state index in [9.17, 15) is 18.0 Å². The van der Waals surface area contributed by atoms with Crippen molar-refractivity contribution in [2.24, 2.45) is 0 Å². The van der Waals surface area contributed by atoms with Crippen LogP contribution in [-0.2, 0) is 32.6 Å². The van der Waals surface area contributed by atoms with Crippen LogP contribution in [0.2, 0.25) is 0 Å². The summed E-state index contributed by atoms with van der Waals surface area (Å²) in [5.41, 5.74) is 3.36. The van der Waals surface area contributed by atoms with E-state index < -0.39 is 16.1 Å². The molecular weight excluding hydrogens is 464 g/mol. The summed E-state index contributed by atoms with van der Waals surface area (Å²) in [5, 5.41) is 2.96. The number of benzene rings is 2. The van der Waals surface area contributed by atoms with E-state index in [-0.39, 0.29) is 29.6 Å². The third-order valence-electron chi connectivity index (χ3n) is 6.78. The largest absolute Gasteiger partial charge is 0.378 e. The number of piperidine rings is 1. The number of rotatable bonds is 7. The second-order valence-electron chi connectivity index (χ2n) is 9.37. The van der Waals surface area contributed by atoms with Gasteiger partial charge < -0.3 is 10.2 Å². The molecule has 1 fully saturated rings. The molecule has 2 heterocycles. The monoisotopic (exact) mass is 498 g/mol. The molecule has 188 valence electrons. The second kappa shape index (κ2) is 10.4. The summed E-state index contributed by atoms with van der Waals surface area (Å²) in [6.45, 7) is 3.17. The number of carbonyl (C=O) groups excluding carboxylic acids is 2. The van der Waals surface area contributed by atoms with Crippen LogP contribution in [0.5, 0.6) is 0 Å². The van der Waals surface area contributed by atoms with Gasteiger partial charge in [-0.3, -0.25) is 14.5 Å². The Balaban J connectivity index is 1.53. The highest BCUT2D eigenvalue weighted by Gasteiger charge is 2.38. The standard InChI is InChI=1S/C26H34N4O4S/c1-4-25(31)30-23-13-12-22(35(33,34)29-14-6-5-7-15-29)16-20(23)17-24(30)26(32)27-18-19-8-10-21(11-9-19)28(2)3/h8-13,16,24H,4-7,14-15,17-18H2,1-3H3,(H,27,32)/t24-/m1/s1. The molecule has 2 aromatic carbocycles. The number of nitrogens with one attached hydrogen (secondary N) is 1. The molecule has 4 rings (SSSR count). The van der Waals surface area contributed by atoms with Crippen molar-refractivity contribution in [1.82, 2.24) is 9.62 Å². The van der Waals surface area contributed by atoms with Crippen LogP contribution >= 0.6 is 0 Å². The molecule has 0 spiro atoms. The molecule has 0 aromatic heterocycles. The third kappa shape index (κ3) is 5.21. The van der Waals surface area contributed by atoms with Gasteiger partial charge in [0.25, 0.3) is 0 Å². The summed E-state index contributed by atoms with van der Waals surface area (Å²) in [6, 6.07) is 12.1. The van der Waals surface area contributed by atoms with Gasteiger partial charge in [0.1, 0.15) is 6.04 Å². The molecule has 2 aliphatic rings. The average Bonchev–Trinajstić information content (AvgIpc) is 3.26. The van der Waals surface area contributed by atoms with E-state index in [0.717, 1.165) is 30.5 Å². The summed E-state index contributed by atoms with van der Waals surface area (Å²) >= 11 is 0. The van der Waals surface area contributed by atoms with E-state index in [1.165, 1.54) is 9.21 Å². The van der Waals surface area contributed by atoms with Crippen molar-refractivity contribution >= 4 is 33.2 Å². The maximum Gasteiger partial charge on any atom is 0.243 e. The van der Waals surface area contributed by atoms with Gasteiger partial charge in [0.05, 0.1) is 4.90 Å². The number of hydrogen-bond donors (Lipinski definition) is 1. The van der Waals surface area contributed by atoms with Gasteiger partial charge in [-0.25, -0.2) is 8.42 Å². The quantitative estimate of drug-likeness (QED) is 0.634. The topological polar surface area (TPSA) is 90.0 Å². The molecule has 1 saturated heterocycles. The Morgan fingerprint density at radius 1 is 1.03 bits per heavy atom. The third-order valence-corrected chi connectivity index (χ3v) is 8.68. The van der Waals surface area contributed by atoms with Gasteiger partial charge in [-0.1, -0.05) is 25.5 Å². The van der Waals surface area contributed by atoms with Crippen LogP contribution in [0.4, 0.5) is 11.4 Å². The smallest absolute Gasteiger partial charge is 0.243 e. The lowest BCUT2D eigenvalue weighted by Crippen LogP contribution is -2.47.